The summed E-state index contributed by atoms with van der Waals surface area (Å²) in [4.78, 5) is 19.8. The van der Waals surface area contributed by atoms with Crippen molar-refractivity contribution >= 4 is 11.7 Å². The van der Waals surface area contributed by atoms with Crippen LogP contribution in [-0.4, -0.2) is 60.7 Å². The van der Waals surface area contributed by atoms with Crippen molar-refractivity contribution in [2.75, 3.05) is 44.7 Å². The molecule has 2 heterocycles. The highest BCUT2D eigenvalue weighted by Gasteiger charge is 2.21. The van der Waals surface area contributed by atoms with Gasteiger partial charge in [0.25, 0.3) is 0 Å². The van der Waals surface area contributed by atoms with Crippen LogP contribution in [0.3, 0.4) is 0 Å². The molecule has 0 spiro atoms. The molecule has 0 atom stereocenters. The van der Waals surface area contributed by atoms with E-state index in [1.54, 1.807) is 19.2 Å². The Balaban J connectivity index is 1.90. The summed E-state index contributed by atoms with van der Waals surface area (Å²) < 4.78 is 0. The number of rotatable bonds is 3. The number of carbonyl (C=O) groups is 1. The molecule has 0 bridgehead atoms. The molecular formula is C12H18N4O2. The van der Waals surface area contributed by atoms with E-state index >= 15 is 0 Å². The average Bonchev–Trinajstić information content (AvgIpc) is 2.40. The zero-order valence-electron chi connectivity index (χ0n) is 10.5. The number of carbonyl (C=O) groups excluding carboxylic acids is 1. The molecule has 0 aromatic carbocycles. The molecule has 6 heteroatoms. The summed E-state index contributed by atoms with van der Waals surface area (Å²) in [6, 6.07) is 3.42. The fourth-order valence-electron chi connectivity index (χ4n) is 2.01. The van der Waals surface area contributed by atoms with Crippen LogP contribution < -0.4 is 10.2 Å². The molecule has 1 fully saturated rings. The van der Waals surface area contributed by atoms with Gasteiger partial charge in [-0.15, -0.1) is 0 Å². The molecule has 2 N–H and O–H groups in total. The maximum atomic E-state index is 11.7. The topological polar surface area (TPSA) is 68.7 Å². The van der Waals surface area contributed by atoms with Gasteiger partial charge in [-0.1, -0.05) is 0 Å². The molecule has 1 aromatic rings. The number of aromatic hydroxyl groups is 1. The highest BCUT2D eigenvalue weighted by Crippen LogP contribution is 2.16. The van der Waals surface area contributed by atoms with Crippen molar-refractivity contribution in [1.82, 2.24) is 15.2 Å². The van der Waals surface area contributed by atoms with Crippen LogP contribution in [0.5, 0.6) is 5.75 Å². The van der Waals surface area contributed by atoms with E-state index in [0.29, 0.717) is 19.6 Å². The predicted molar refractivity (Wildman–Crippen MR) is 68.6 cm³/mol. The van der Waals surface area contributed by atoms with E-state index < -0.39 is 0 Å². The first-order chi connectivity index (χ1) is 8.70. The molecule has 1 aliphatic heterocycles. The molecule has 0 saturated carbocycles. The molecule has 1 aliphatic rings. The molecule has 1 amide bonds. The quantitative estimate of drug-likeness (QED) is 0.768. The molecule has 2 rings (SSSR count). The van der Waals surface area contributed by atoms with Gasteiger partial charge < -0.3 is 20.2 Å². The lowest BCUT2D eigenvalue weighted by Crippen LogP contribution is -2.50. The molecule has 0 aliphatic carbocycles. The monoisotopic (exact) mass is 250 g/mol. The summed E-state index contributed by atoms with van der Waals surface area (Å²) in [7, 11) is 1.77. The molecular weight excluding hydrogens is 232 g/mol. The van der Waals surface area contributed by atoms with Crippen LogP contribution in [0.15, 0.2) is 18.3 Å². The maximum Gasteiger partial charge on any atom is 0.236 e. The van der Waals surface area contributed by atoms with Crippen LogP contribution in [0.4, 0.5) is 5.82 Å². The van der Waals surface area contributed by atoms with E-state index in [9.17, 15) is 9.90 Å². The van der Waals surface area contributed by atoms with Crippen LogP contribution in [0.2, 0.25) is 0 Å². The lowest BCUT2D eigenvalue weighted by Gasteiger charge is -2.35. The SMILES string of the molecule is CNCC(=O)N1CCN(c2ccc(O)cn2)CC1. The Hall–Kier alpha value is -1.82. The Labute approximate surface area is 106 Å². The lowest BCUT2D eigenvalue weighted by molar-refractivity contribution is -0.130. The number of amides is 1. The third-order valence-electron chi connectivity index (χ3n) is 3.02. The first-order valence-electron chi connectivity index (χ1n) is 6.03. The van der Waals surface area contributed by atoms with Gasteiger partial charge in [0, 0.05) is 26.2 Å². The Morgan fingerprint density at radius 1 is 1.39 bits per heavy atom. The summed E-state index contributed by atoms with van der Waals surface area (Å²) >= 11 is 0. The first-order valence-corrected chi connectivity index (χ1v) is 6.03. The third-order valence-corrected chi connectivity index (χ3v) is 3.02. The van der Waals surface area contributed by atoms with Gasteiger partial charge in [-0.25, -0.2) is 4.98 Å². The van der Waals surface area contributed by atoms with Crippen molar-refractivity contribution in [2.45, 2.75) is 0 Å². The van der Waals surface area contributed by atoms with Crippen LogP contribution in [0.1, 0.15) is 0 Å². The highest BCUT2D eigenvalue weighted by atomic mass is 16.3. The van der Waals surface area contributed by atoms with Crippen LogP contribution in [0, 0.1) is 0 Å². The van der Waals surface area contributed by atoms with Crippen molar-refractivity contribution < 1.29 is 9.90 Å². The van der Waals surface area contributed by atoms with Crippen molar-refractivity contribution in [3.05, 3.63) is 18.3 Å². The number of aromatic nitrogens is 1. The predicted octanol–water partition coefficient (Wildman–Crippen LogP) is -0.345. The molecule has 1 aromatic heterocycles. The second-order valence-electron chi connectivity index (χ2n) is 4.27. The van der Waals surface area contributed by atoms with E-state index in [1.165, 1.54) is 6.20 Å². The number of anilines is 1. The minimum Gasteiger partial charge on any atom is -0.506 e. The fourth-order valence-corrected chi connectivity index (χ4v) is 2.01. The van der Waals surface area contributed by atoms with E-state index in [2.05, 4.69) is 15.2 Å². The number of likely N-dealkylation sites (N-methyl/N-ethyl adjacent to an activating group) is 1. The molecule has 0 radical (unpaired) electrons. The Kier molecular flexibility index (Phi) is 3.99. The number of hydrogen-bond donors (Lipinski definition) is 2. The number of hydrogen-bond acceptors (Lipinski definition) is 5. The lowest BCUT2D eigenvalue weighted by atomic mass is 10.3. The van der Waals surface area contributed by atoms with E-state index in [0.717, 1.165) is 18.9 Å². The maximum absolute atomic E-state index is 11.7. The van der Waals surface area contributed by atoms with Gasteiger partial charge in [-0.05, 0) is 19.2 Å². The van der Waals surface area contributed by atoms with Gasteiger partial charge >= 0.3 is 0 Å². The minimum atomic E-state index is 0.135. The Bertz CT molecular complexity index is 399. The zero-order valence-corrected chi connectivity index (χ0v) is 10.5. The third kappa shape index (κ3) is 2.89. The van der Waals surface area contributed by atoms with Gasteiger partial charge in [0.15, 0.2) is 0 Å². The number of piperazine rings is 1. The van der Waals surface area contributed by atoms with Crippen LogP contribution >= 0.6 is 0 Å². The normalized spacial score (nSPS) is 15.8. The summed E-state index contributed by atoms with van der Waals surface area (Å²) in [6.45, 7) is 3.35. The van der Waals surface area contributed by atoms with E-state index in [4.69, 9.17) is 0 Å². The van der Waals surface area contributed by atoms with Gasteiger partial charge in [-0.3, -0.25) is 4.79 Å². The molecule has 6 nitrogen and oxygen atoms in total. The van der Waals surface area contributed by atoms with Gasteiger partial charge in [0.2, 0.25) is 5.91 Å². The summed E-state index contributed by atoms with van der Waals surface area (Å²) in [5.74, 6) is 1.14. The smallest absolute Gasteiger partial charge is 0.236 e. The van der Waals surface area contributed by atoms with Crippen molar-refractivity contribution in [1.29, 1.82) is 0 Å². The molecule has 98 valence electrons. The van der Waals surface area contributed by atoms with E-state index in [1.807, 2.05) is 4.90 Å². The Morgan fingerprint density at radius 3 is 2.67 bits per heavy atom. The van der Waals surface area contributed by atoms with Crippen LogP contribution in [-0.2, 0) is 4.79 Å². The molecule has 18 heavy (non-hydrogen) atoms. The largest absolute Gasteiger partial charge is 0.506 e. The van der Waals surface area contributed by atoms with Gasteiger partial charge in [0.1, 0.15) is 11.6 Å². The minimum absolute atomic E-state index is 0.135. The molecule has 0 unspecified atom stereocenters. The van der Waals surface area contributed by atoms with E-state index in [-0.39, 0.29) is 11.7 Å². The van der Waals surface area contributed by atoms with Crippen LogP contribution in [0.25, 0.3) is 0 Å². The summed E-state index contributed by atoms with van der Waals surface area (Å²) in [6.07, 6.45) is 1.44. The summed E-state index contributed by atoms with van der Waals surface area (Å²) in [5.41, 5.74) is 0. The second kappa shape index (κ2) is 5.68. The number of nitrogens with zero attached hydrogens (tertiary/aromatic N) is 3. The van der Waals surface area contributed by atoms with Gasteiger partial charge in [-0.2, -0.15) is 0 Å². The fraction of sp³-hybridized carbons (Fsp3) is 0.500. The van der Waals surface area contributed by atoms with Crippen molar-refractivity contribution in [3.8, 4) is 5.75 Å². The number of nitrogens with one attached hydrogen (secondary N) is 1. The second-order valence-corrected chi connectivity index (χ2v) is 4.27. The molecule has 1 saturated heterocycles. The highest BCUT2D eigenvalue weighted by molar-refractivity contribution is 5.78. The number of pyridine rings is 1. The first kappa shape index (κ1) is 12.6. The standard InChI is InChI=1S/C12H18N4O2/c1-13-9-12(18)16-6-4-15(5-7-16)11-3-2-10(17)8-14-11/h2-3,8,13,17H,4-7,9H2,1H3. The summed E-state index contributed by atoms with van der Waals surface area (Å²) in [5, 5.41) is 12.1. The zero-order chi connectivity index (χ0) is 13.0. The average molecular weight is 250 g/mol. The van der Waals surface area contributed by atoms with Crippen molar-refractivity contribution in [2.24, 2.45) is 0 Å². The van der Waals surface area contributed by atoms with Crippen molar-refractivity contribution in [3.63, 3.8) is 0 Å². The Morgan fingerprint density at radius 2 is 2.11 bits per heavy atom. The van der Waals surface area contributed by atoms with Gasteiger partial charge in [0.05, 0.1) is 12.7 Å².